The number of anilines is 1. The molecule has 0 aliphatic carbocycles. The first-order chi connectivity index (χ1) is 9.53. The van der Waals surface area contributed by atoms with Crippen LogP contribution < -0.4 is 10.0 Å². The van der Waals surface area contributed by atoms with E-state index in [4.69, 9.17) is 16.3 Å². The van der Waals surface area contributed by atoms with Crippen LogP contribution in [0.1, 0.15) is 19.8 Å². The summed E-state index contributed by atoms with van der Waals surface area (Å²) in [5.41, 5.74) is 0. The van der Waals surface area contributed by atoms with E-state index in [0.717, 1.165) is 12.8 Å². The molecule has 2 heterocycles. The van der Waals surface area contributed by atoms with Crippen molar-refractivity contribution in [2.75, 3.05) is 25.0 Å². The second-order valence-electron chi connectivity index (χ2n) is 4.52. The van der Waals surface area contributed by atoms with E-state index in [2.05, 4.69) is 15.0 Å². The molecule has 0 amide bonds. The fourth-order valence-corrected chi connectivity index (χ4v) is 3.29. The van der Waals surface area contributed by atoms with Gasteiger partial charge in [-0.25, -0.2) is 18.1 Å². The molecule has 1 aliphatic rings. The summed E-state index contributed by atoms with van der Waals surface area (Å²) in [5, 5.41) is 3.24. The third-order valence-electron chi connectivity index (χ3n) is 3.00. The molecule has 0 aromatic carbocycles. The van der Waals surface area contributed by atoms with E-state index < -0.39 is 10.0 Å². The number of aromatic nitrogens is 1. The summed E-state index contributed by atoms with van der Waals surface area (Å²) in [5.74, 6) is 0.479. The standard InChI is InChI=1S/C12H18ClN3O3S/c1-2-14-12-11(13)6-10(8-15-12)20(17,18)16-7-9-4-3-5-19-9/h6,8-9,16H,2-5,7H2,1H3,(H,14,15). The highest BCUT2D eigenvalue weighted by Crippen LogP contribution is 2.22. The van der Waals surface area contributed by atoms with Crippen LogP contribution in [0.4, 0.5) is 5.82 Å². The maximum atomic E-state index is 12.1. The van der Waals surface area contributed by atoms with Crippen LogP contribution in [0.15, 0.2) is 17.2 Å². The Hall–Kier alpha value is -0.890. The summed E-state index contributed by atoms with van der Waals surface area (Å²) in [6, 6.07) is 1.39. The van der Waals surface area contributed by atoms with E-state index >= 15 is 0 Å². The summed E-state index contributed by atoms with van der Waals surface area (Å²) in [6.07, 6.45) is 3.09. The Morgan fingerprint density at radius 3 is 2.95 bits per heavy atom. The molecule has 8 heteroatoms. The normalized spacial score (nSPS) is 19.2. The van der Waals surface area contributed by atoms with E-state index in [9.17, 15) is 8.42 Å². The first-order valence-electron chi connectivity index (χ1n) is 6.53. The molecular weight excluding hydrogens is 302 g/mol. The molecule has 1 atom stereocenters. The van der Waals surface area contributed by atoms with Crippen molar-refractivity contribution in [3.63, 3.8) is 0 Å². The maximum Gasteiger partial charge on any atom is 0.242 e. The zero-order valence-corrected chi connectivity index (χ0v) is 12.8. The zero-order valence-electron chi connectivity index (χ0n) is 11.2. The van der Waals surface area contributed by atoms with Crippen LogP contribution in [0.25, 0.3) is 0 Å². The van der Waals surface area contributed by atoms with E-state index in [1.807, 2.05) is 6.92 Å². The molecular formula is C12H18ClN3O3S. The van der Waals surface area contributed by atoms with Gasteiger partial charge in [-0.15, -0.1) is 0 Å². The minimum absolute atomic E-state index is 0.0470. The van der Waals surface area contributed by atoms with Crippen molar-refractivity contribution in [3.8, 4) is 0 Å². The van der Waals surface area contributed by atoms with Gasteiger partial charge in [0.15, 0.2) is 0 Å². The molecule has 1 aromatic rings. The second-order valence-corrected chi connectivity index (χ2v) is 6.69. The highest BCUT2D eigenvalue weighted by atomic mass is 35.5. The molecule has 20 heavy (non-hydrogen) atoms. The average Bonchev–Trinajstić information content (AvgIpc) is 2.92. The highest BCUT2D eigenvalue weighted by molar-refractivity contribution is 7.89. The number of rotatable bonds is 6. The number of halogens is 1. The van der Waals surface area contributed by atoms with Crippen LogP contribution in [-0.2, 0) is 14.8 Å². The number of pyridine rings is 1. The molecule has 1 aromatic heterocycles. The van der Waals surface area contributed by atoms with Gasteiger partial charge in [-0.05, 0) is 25.8 Å². The van der Waals surface area contributed by atoms with E-state index in [0.29, 0.717) is 19.0 Å². The average molecular weight is 320 g/mol. The van der Waals surface area contributed by atoms with Crippen LogP contribution >= 0.6 is 11.6 Å². The Bertz CT molecular complexity index is 559. The zero-order chi connectivity index (χ0) is 14.6. The Kier molecular flexibility index (Phi) is 5.20. The SMILES string of the molecule is CCNc1ncc(S(=O)(=O)NCC2CCCO2)cc1Cl. The Morgan fingerprint density at radius 2 is 2.35 bits per heavy atom. The van der Waals surface area contributed by atoms with Gasteiger partial charge in [0.05, 0.1) is 11.1 Å². The van der Waals surface area contributed by atoms with Crippen LogP contribution in [-0.4, -0.2) is 39.2 Å². The van der Waals surface area contributed by atoms with Crippen LogP contribution in [0.2, 0.25) is 5.02 Å². The summed E-state index contributed by atoms with van der Waals surface area (Å²) in [4.78, 5) is 4.08. The topological polar surface area (TPSA) is 80.3 Å². The van der Waals surface area contributed by atoms with Gasteiger partial charge in [-0.2, -0.15) is 0 Å². The van der Waals surface area contributed by atoms with Gasteiger partial charge in [0.25, 0.3) is 0 Å². The Labute approximate surface area is 123 Å². The molecule has 2 rings (SSSR count). The van der Waals surface area contributed by atoms with Gasteiger partial charge < -0.3 is 10.1 Å². The Morgan fingerprint density at radius 1 is 1.55 bits per heavy atom. The lowest BCUT2D eigenvalue weighted by Gasteiger charge is -2.12. The van der Waals surface area contributed by atoms with Crippen molar-refractivity contribution in [2.45, 2.75) is 30.8 Å². The van der Waals surface area contributed by atoms with Crippen molar-refractivity contribution in [3.05, 3.63) is 17.3 Å². The molecule has 0 radical (unpaired) electrons. The first kappa shape index (κ1) is 15.5. The summed E-state index contributed by atoms with van der Waals surface area (Å²) in [6.45, 7) is 3.54. The first-order valence-corrected chi connectivity index (χ1v) is 8.39. The fourth-order valence-electron chi connectivity index (χ4n) is 1.96. The quantitative estimate of drug-likeness (QED) is 0.833. The predicted octanol–water partition coefficient (Wildman–Crippen LogP) is 1.62. The van der Waals surface area contributed by atoms with Gasteiger partial charge in [-0.1, -0.05) is 11.6 Å². The second kappa shape index (κ2) is 6.71. The Balaban J connectivity index is 2.06. The van der Waals surface area contributed by atoms with E-state index in [1.165, 1.54) is 12.3 Å². The summed E-state index contributed by atoms with van der Waals surface area (Å²) in [7, 11) is -3.61. The van der Waals surface area contributed by atoms with Crippen molar-refractivity contribution < 1.29 is 13.2 Å². The largest absolute Gasteiger partial charge is 0.377 e. The highest BCUT2D eigenvalue weighted by Gasteiger charge is 2.21. The van der Waals surface area contributed by atoms with Gasteiger partial charge in [0, 0.05) is 25.9 Å². The smallest absolute Gasteiger partial charge is 0.242 e. The third kappa shape index (κ3) is 3.82. The van der Waals surface area contributed by atoms with Crippen molar-refractivity contribution in [1.29, 1.82) is 0 Å². The van der Waals surface area contributed by atoms with Gasteiger partial charge in [-0.3, -0.25) is 0 Å². The molecule has 1 aliphatic heterocycles. The lowest BCUT2D eigenvalue weighted by atomic mass is 10.2. The third-order valence-corrected chi connectivity index (χ3v) is 4.67. The van der Waals surface area contributed by atoms with Crippen molar-refractivity contribution in [1.82, 2.24) is 9.71 Å². The number of nitrogens with zero attached hydrogens (tertiary/aromatic N) is 1. The van der Waals surface area contributed by atoms with Gasteiger partial charge in [0.1, 0.15) is 10.7 Å². The monoisotopic (exact) mass is 319 g/mol. The van der Waals surface area contributed by atoms with Crippen molar-refractivity contribution >= 4 is 27.4 Å². The molecule has 1 unspecified atom stereocenters. The number of ether oxygens (including phenoxy) is 1. The summed E-state index contributed by atoms with van der Waals surface area (Å²) < 4.78 is 32.2. The predicted molar refractivity (Wildman–Crippen MR) is 77.6 cm³/mol. The number of hydrogen-bond acceptors (Lipinski definition) is 5. The molecule has 2 N–H and O–H groups in total. The molecule has 1 saturated heterocycles. The molecule has 0 bridgehead atoms. The lowest BCUT2D eigenvalue weighted by Crippen LogP contribution is -2.31. The van der Waals surface area contributed by atoms with E-state index in [-0.39, 0.29) is 22.6 Å². The minimum Gasteiger partial charge on any atom is -0.377 e. The van der Waals surface area contributed by atoms with Crippen LogP contribution in [0.3, 0.4) is 0 Å². The number of sulfonamides is 1. The molecule has 0 spiro atoms. The van der Waals surface area contributed by atoms with Crippen LogP contribution in [0, 0.1) is 0 Å². The summed E-state index contributed by atoms with van der Waals surface area (Å²) >= 11 is 6.00. The van der Waals surface area contributed by atoms with Crippen LogP contribution in [0.5, 0.6) is 0 Å². The molecule has 1 fully saturated rings. The number of nitrogens with one attached hydrogen (secondary N) is 2. The number of hydrogen-bond donors (Lipinski definition) is 2. The minimum atomic E-state index is -3.61. The lowest BCUT2D eigenvalue weighted by molar-refractivity contribution is 0.114. The molecule has 0 saturated carbocycles. The molecule has 6 nitrogen and oxygen atoms in total. The van der Waals surface area contributed by atoms with Gasteiger partial charge >= 0.3 is 0 Å². The van der Waals surface area contributed by atoms with Gasteiger partial charge in [0.2, 0.25) is 10.0 Å². The van der Waals surface area contributed by atoms with E-state index in [1.54, 1.807) is 0 Å². The maximum absolute atomic E-state index is 12.1. The fraction of sp³-hybridized carbons (Fsp3) is 0.583. The molecule has 112 valence electrons. The van der Waals surface area contributed by atoms with Crippen molar-refractivity contribution in [2.24, 2.45) is 0 Å².